The molecule has 23 heavy (non-hydrogen) atoms. The SMILES string of the molecule is COc1cccc2c1C(=O)N(Cc1c(C)cc(C)[nH]c1=O)CC2. The maximum absolute atomic E-state index is 12.8. The van der Waals surface area contributed by atoms with Crippen molar-refractivity contribution >= 4 is 5.91 Å². The second-order valence-corrected chi connectivity index (χ2v) is 5.91. The van der Waals surface area contributed by atoms with Gasteiger partial charge < -0.3 is 14.6 Å². The fraction of sp³-hybridized carbons (Fsp3) is 0.333. The predicted octanol–water partition coefficient (Wildman–Crippen LogP) is 2.20. The van der Waals surface area contributed by atoms with Gasteiger partial charge >= 0.3 is 0 Å². The summed E-state index contributed by atoms with van der Waals surface area (Å²) < 4.78 is 5.33. The van der Waals surface area contributed by atoms with Crippen LogP contribution in [-0.2, 0) is 13.0 Å². The van der Waals surface area contributed by atoms with E-state index in [4.69, 9.17) is 4.74 Å². The molecular weight excluding hydrogens is 292 g/mol. The van der Waals surface area contributed by atoms with Crippen LogP contribution < -0.4 is 10.3 Å². The van der Waals surface area contributed by atoms with Crippen molar-refractivity contribution in [2.45, 2.75) is 26.8 Å². The zero-order chi connectivity index (χ0) is 16.6. The molecule has 1 amide bonds. The van der Waals surface area contributed by atoms with Crippen molar-refractivity contribution in [1.82, 2.24) is 9.88 Å². The highest BCUT2D eigenvalue weighted by Gasteiger charge is 2.28. The molecule has 0 spiro atoms. The number of fused-ring (bicyclic) bond motifs is 1. The van der Waals surface area contributed by atoms with E-state index >= 15 is 0 Å². The molecule has 0 bridgehead atoms. The van der Waals surface area contributed by atoms with E-state index in [9.17, 15) is 9.59 Å². The van der Waals surface area contributed by atoms with Crippen molar-refractivity contribution < 1.29 is 9.53 Å². The Labute approximate surface area is 134 Å². The number of nitrogens with one attached hydrogen (secondary N) is 1. The Kier molecular flexibility index (Phi) is 3.94. The van der Waals surface area contributed by atoms with Crippen molar-refractivity contribution in [2.75, 3.05) is 13.7 Å². The summed E-state index contributed by atoms with van der Waals surface area (Å²) in [6.45, 7) is 4.68. The highest BCUT2D eigenvalue weighted by Crippen LogP contribution is 2.28. The zero-order valence-electron chi connectivity index (χ0n) is 13.6. The molecule has 0 radical (unpaired) electrons. The molecule has 5 nitrogen and oxygen atoms in total. The van der Waals surface area contributed by atoms with Crippen LogP contribution in [0.2, 0.25) is 0 Å². The minimum atomic E-state index is -0.124. The van der Waals surface area contributed by atoms with E-state index in [1.54, 1.807) is 18.1 Å². The van der Waals surface area contributed by atoms with E-state index in [1.807, 2.05) is 32.0 Å². The summed E-state index contributed by atoms with van der Waals surface area (Å²) in [6.07, 6.45) is 0.765. The number of carbonyl (C=O) groups is 1. The van der Waals surface area contributed by atoms with Crippen LogP contribution in [0, 0.1) is 13.8 Å². The Balaban J connectivity index is 1.95. The maximum atomic E-state index is 12.8. The number of aromatic amines is 1. The van der Waals surface area contributed by atoms with Gasteiger partial charge in [0.15, 0.2) is 0 Å². The van der Waals surface area contributed by atoms with Gasteiger partial charge in [-0.1, -0.05) is 12.1 Å². The van der Waals surface area contributed by atoms with Gasteiger partial charge in [0.1, 0.15) is 5.75 Å². The topological polar surface area (TPSA) is 62.4 Å². The second-order valence-electron chi connectivity index (χ2n) is 5.91. The molecule has 2 heterocycles. The number of aromatic nitrogens is 1. The van der Waals surface area contributed by atoms with Crippen molar-refractivity contribution in [3.05, 3.63) is 62.6 Å². The van der Waals surface area contributed by atoms with E-state index in [2.05, 4.69) is 4.98 Å². The van der Waals surface area contributed by atoms with Crippen LogP contribution in [0.25, 0.3) is 0 Å². The molecule has 1 aliphatic heterocycles. The Bertz CT molecular complexity index is 809. The molecule has 0 fully saturated rings. The average Bonchev–Trinajstić information content (AvgIpc) is 2.52. The lowest BCUT2D eigenvalue weighted by Crippen LogP contribution is -2.39. The Morgan fingerprint density at radius 3 is 2.74 bits per heavy atom. The summed E-state index contributed by atoms with van der Waals surface area (Å²) in [5, 5.41) is 0. The van der Waals surface area contributed by atoms with Crippen molar-refractivity contribution in [1.29, 1.82) is 0 Å². The zero-order valence-corrected chi connectivity index (χ0v) is 13.6. The molecular formula is C18H20N2O3. The van der Waals surface area contributed by atoms with Crippen molar-refractivity contribution in [3.8, 4) is 5.75 Å². The van der Waals surface area contributed by atoms with E-state index in [0.717, 1.165) is 23.2 Å². The summed E-state index contributed by atoms with van der Waals surface area (Å²) in [5.41, 5.74) is 3.86. The standard InChI is InChI=1S/C18H20N2O3/c1-11-9-12(2)19-17(21)14(11)10-20-8-7-13-5-4-6-15(23-3)16(13)18(20)22/h4-6,9H,7-8,10H2,1-3H3,(H,19,21). The number of ether oxygens (including phenoxy) is 1. The average molecular weight is 312 g/mol. The van der Waals surface area contributed by atoms with Crippen LogP contribution >= 0.6 is 0 Å². The number of rotatable bonds is 3. The molecule has 0 saturated heterocycles. The lowest BCUT2D eigenvalue weighted by atomic mass is 9.97. The monoisotopic (exact) mass is 312 g/mol. The minimum absolute atomic E-state index is 0.0805. The minimum Gasteiger partial charge on any atom is -0.496 e. The Hall–Kier alpha value is -2.56. The quantitative estimate of drug-likeness (QED) is 0.945. The number of pyridine rings is 1. The third-order valence-electron chi connectivity index (χ3n) is 4.33. The van der Waals surface area contributed by atoms with Crippen LogP contribution in [0.4, 0.5) is 0 Å². The first-order valence-corrected chi connectivity index (χ1v) is 7.66. The fourth-order valence-electron chi connectivity index (χ4n) is 3.13. The molecule has 0 atom stereocenters. The third-order valence-corrected chi connectivity index (χ3v) is 4.33. The largest absolute Gasteiger partial charge is 0.496 e. The first kappa shape index (κ1) is 15.3. The maximum Gasteiger partial charge on any atom is 0.258 e. The summed E-state index contributed by atoms with van der Waals surface area (Å²) in [6, 6.07) is 7.58. The number of benzene rings is 1. The molecule has 1 aliphatic rings. The van der Waals surface area contributed by atoms with Gasteiger partial charge in [-0.15, -0.1) is 0 Å². The lowest BCUT2D eigenvalue weighted by molar-refractivity contribution is 0.0722. The van der Waals surface area contributed by atoms with Crippen LogP contribution in [-0.4, -0.2) is 29.4 Å². The number of aryl methyl sites for hydroxylation is 2. The van der Waals surface area contributed by atoms with Crippen LogP contribution in [0.15, 0.2) is 29.1 Å². The van der Waals surface area contributed by atoms with Gasteiger partial charge in [-0.2, -0.15) is 0 Å². The summed E-state index contributed by atoms with van der Waals surface area (Å²) in [4.78, 5) is 29.5. The molecule has 3 rings (SSSR count). The summed E-state index contributed by atoms with van der Waals surface area (Å²) >= 11 is 0. The fourth-order valence-corrected chi connectivity index (χ4v) is 3.13. The number of nitrogens with zero attached hydrogens (tertiary/aromatic N) is 1. The number of hydrogen-bond acceptors (Lipinski definition) is 3. The van der Waals surface area contributed by atoms with E-state index < -0.39 is 0 Å². The van der Waals surface area contributed by atoms with Crippen LogP contribution in [0.3, 0.4) is 0 Å². The number of hydrogen-bond donors (Lipinski definition) is 1. The first-order chi connectivity index (χ1) is 11.0. The molecule has 1 aromatic heterocycles. The molecule has 2 aromatic rings. The van der Waals surface area contributed by atoms with Gasteiger partial charge in [0, 0.05) is 17.8 Å². The van der Waals surface area contributed by atoms with E-state index in [0.29, 0.717) is 30.0 Å². The van der Waals surface area contributed by atoms with Gasteiger partial charge in [0.2, 0.25) is 0 Å². The molecule has 5 heteroatoms. The first-order valence-electron chi connectivity index (χ1n) is 7.66. The molecule has 1 aromatic carbocycles. The van der Waals surface area contributed by atoms with Crippen molar-refractivity contribution in [3.63, 3.8) is 0 Å². The Morgan fingerprint density at radius 2 is 2.04 bits per heavy atom. The number of methoxy groups -OCH3 is 1. The number of H-pyrrole nitrogens is 1. The van der Waals surface area contributed by atoms with E-state index in [1.165, 1.54) is 0 Å². The van der Waals surface area contributed by atoms with Gasteiger partial charge in [0.05, 0.1) is 19.2 Å². The Morgan fingerprint density at radius 1 is 1.26 bits per heavy atom. The van der Waals surface area contributed by atoms with Gasteiger partial charge in [-0.3, -0.25) is 9.59 Å². The van der Waals surface area contributed by atoms with Gasteiger partial charge in [0.25, 0.3) is 11.5 Å². The highest BCUT2D eigenvalue weighted by atomic mass is 16.5. The predicted molar refractivity (Wildman–Crippen MR) is 88.0 cm³/mol. The van der Waals surface area contributed by atoms with Crippen LogP contribution in [0.1, 0.15) is 32.7 Å². The summed E-state index contributed by atoms with van der Waals surface area (Å²) in [7, 11) is 1.57. The van der Waals surface area contributed by atoms with Crippen LogP contribution in [0.5, 0.6) is 5.75 Å². The third kappa shape index (κ3) is 2.74. The molecule has 120 valence electrons. The molecule has 0 aliphatic carbocycles. The summed E-state index contributed by atoms with van der Waals surface area (Å²) in [5.74, 6) is 0.509. The molecule has 0 unspecified atom stereocenters. The second kappa shape index (κ2) is 5.91. The smallest absolute Gasteiger partial charge is 0.258 e. The van der Waals surface area contributed by atoms with E-state index in [-0.39, 0.29) is 11.5 Å². The number of carbonyl (C=O) groups excluding carboxylic acids is 1. The molecule has 0 saturated carbocycles. The number of amides is 1. The van der Waals surface area contributed by atoms with Crippen molar-refractivity contribution in [2.24, 2.45) is 0 Å². The normalized spacial score (nSPS) is 13.9. The van der Waals surface area contributed by atoms with Gasteiger partial charge in [-0.25, -0.2) is 0 Å². The molecule has 1 N–H and O–H groups in total. The lowest BCUT2D eigenvalue weighted by Gasteiger charge is -2.29. The highest BCUT2D eigenvalue weighted by molar-refractivity contribution is 5.99. The van der Waals surface area contributed by atoms with Gasteiger partial charge in [-0.05, 0) is 43.5 Å².